The van der Waals surface area contributed by atoms with E-state index < -0.39 is 12.1 Å². The van der Waals surface area contributed by atoms with Gasteiger partial charge in [0, 0.05) is 18.9 Å². The molecule has 25 heavy (non-hydrogen) atoms. The summed E-state index contributed by atoms with van der Waals surface area (Å²) in [5, 5.41) is 2.83. The summed E-state index contributed by atoms with van der Waals surface area (Å²) in [7, 11) is 0. The quantitative estimate of drug-likeness (QED) is 0.648. The summed E-state index contributed by atoms with van der Waals surface area (Å²) in [6.07, 6.45) is 10.4. The van der Waals surface area contributed by atoms with Gasteiger partial charge in [0.15, 0.2) is 11.8 Å². The van der Waals surface area contributed by atoms with E-state index in [1.54, 1.807) is 29.8 Å². The molecule has 6 heteroatoms. The Morgan fingerprint density at radius 2 is 2.24 bits per heavy atom. The first kappa shape index (κ1) is 17.2. The number of pyridine rings is 1. The number of rotatable bonds is 6. The SMILES string of the molecule is C[C@@H](OC(=O)c1cn2ccccc2n1)C(=O)NCCC1=CCCCC1. The molecule has 0 spiro atoms. The van der Waals surface area contributed by atoms with Crippen molar-refractivity contribution in [1.29, 1.82) is 0 Å². The van der Waals surface area contributed by atoms with E-state index in [2.05, 4.69) is 16.4 Å². The van der Waals surface area contributed by atoms with E-state index in [0.717, 1.165) is 19.3 Å². The predicted octanol–water partition coefficient (Wildman–Crippen LogP) is 2.89. The lowest BCUT2D eigenvalue weighted by atomic mass is 9.97. The van der Waals surface area contributed by atoms with Crippen LogP contribution in [0.4, 0.5) is 0 Å². The van der Waals surface area contributed by atoms with Crippen LogP contribution in [0.2, 0.25) is 0 Å². The molecule has 0 saturated carbocycles. The van der Waals surface area contributed by atoms with Crippen LogP contribution in [0, 0.1) is 0 Å². The smallest absolute Gasteiger partial charge is 0.359 e. The maximum Gasteiger partial charge on any atom is 0.359 e. The number of nitrogens with one attached hydrogen (secondary N) is 1. The number of imidazole rings is 1. The lowest BCUT2D eigenvalue weighted by Crippen LogP contribution is -2.36. The van der Waals surface area contributed by atoms with Crippen molar-refractivity contribution in [3.8, 4) is 0 Å². The van der Waals surface area contributed by atoms with Crippen molar-refractivity contribution in [2.24, 2.45) is 0 Å². The van der Waals surface area contributed by atoms with Crippen molar-refractivity contribution in [2.45, 2.75) is 45.1 Å². The molecule has 2 aromatic heterocycles. The van der Waals surface area contributed by atoms with E-state index in [1.165, 1.54) is 18.4 Å². The highest BCUT2D eigenvalue weighted by Crippen LogP contribution is 2.19. The van der Waals surface area contributed by atoms with Crippen LogP contribution in [0.1, 0.15) is 49.5 Å². The number of carbonyl (C=O) groups is 2. The normalized spacial score (nSPS) is 15.5. The molecule has 3 rings (SSSR count). The minimum absolute atomic E-state index is 0.193. The van der Waals surface area contributed by atoms with Crippen molar-refractivity contribution >= 4 is 17.5 Å². The van der Waals surface area contributed by atoms with Gasteiger partial charge in [-0.2, -0.15) is 0 Å². The summed E-state index contributed by atoms with van der Waals surface area (Å²) in [5.74, 6) is -0.880. The molecule has 0 fully saturated rings. The fourth-order valence-electron chi connectivity index (χ4n) is 2.93. The fourth-order valence-corrected chi connectivity index (χ4v) is 2.93. The fraction of sp³-hybridized carbons (Fsp3) is 0.421. The number of allylic oxidation sites excluding steroid dienone is 1. The van der Waals surface area contributed by atoms with E-state index in [0.29, 0.717) is 12.2 Å². The first-order chi connectivity index (χ1) is 12.1. The highest BCUT2D eigenvalue weighted by Gasteiger charge is 2.20. The van der Waals surface area contributed by atoms with Crippen LogP contribution in [0.15, 0.2) is 42.2 Å². The van der Waals surface area contributed by atoms with E-state index in [9.17, 15) is 9.59 Å². The van der Waals surface area contributed by atoms with Gasteiger partial charge in [-0.3, -0.25) is 4.79 Å². The van der Waals surface area contributed by atoms with Crippen molar-refractivity contribution in [3.05, 3.63) is 47.9 Å². The Bertz CT molecular complexity index is 761. The van der Waals surface area contributed by atoms with Crippen molar-refractivity contribution < 1.29 is 14.3 Å². The second-order valence-electron chi connectivity index (χ2n) is 6.29. The van der Waals surface area contributed by atoms with E-state index in [1.807, 2.05) is 12.1 Å². The van der Waals surface area contributed by atoms with Crippen LogP contribution in [0.5, 0.6) is 0 Å². The van der Waals surface area contributed by atoms with Crippen molar-refractivity contribution in [2.75, 3.05) is 6.54 Å². The maximum atomic E-state index is 12.2. The molecule has 1 atom stereocenters. The Hall–Kier alpha value is -2.63. The van der Waals surface area contributed by atoms with Gasteiger partial charge in [0.2, 0.25) is 0 Å². The van der Waals surface area contributed by atoms with Crippen molar-refractivity contribution in [1.82, 2.24) is 14.7 Å². The van der Waals surface area contributed by atoms with Gasteiger partial charge in [0.1, 0.15) is 5.65 Å². The Morgan fingerprint density at radius 1 is 1.36 bits per heavy atom. The maximum absolute atomic E-state index is 12.2. The van der Waals surface area contributed by atoms with Gasteiger partial charge in [0.25, 0.3) is 5.91 Å². The van der Waals surface area contributed by atoms with Gasteiger partial charge in [-0.1, -0.05) is 17.7 Å². The predicted molar refractivity (Wildman–Crippen MR) is 94.2 cm³/mol. The number of carbonyl (C=O) groups excluding carboxylic acids is 2. The van der Waals surface area contributed by atoms with Crippen LogP contribution >= 0.6 is 0 Å². The molecule has 1 aliphatic rings. The minimum atomic E-state index is -0.849. The molecule has 6 nitrogen and oxygen atoms in total. The van der Waals surface area contributed by atoms with Gasteiger partial charge in [-0.15, -0.1) is 0 Å². The molecule has 0 aliphatic heterocycles. The zero-order valence-corrected chi connectivity index (χ0v) is 14.4. The summed E-state index contributed by atoms with van der Waals surface area (Å²) in [4.78, 5) is 28.5. The van der Waals surface area contributed by atoms with Gasteiger partial charge in [0.05, 0.1) is 0 Å². The molecule has 1 N–H and O–H groups in total. The van der Waals surface area contributed by atoms with Gasteiger partial charge in [-0.25, -0.2) is 9.78 Å². The topological polar surface area (TPSA) is 72.7 Å². The largest absolute Gasteiger partial charge is 0.448 e. The van der Waals surface area contributed by atoms with E-state index >= 15 is 0 Å². The third-order valence-corrected chi connectivity index (χ3v) is 4.36. The molecular weight excluding hydrogens is 318 g/mol. The Balaban J connectivity index is 1.48. The molecule has 0 saturated heterocycles. The summed E-state index contributed by atoms with van der Waals surface area (Å²) >= 11 is 0. The first-order valence-corrected chi connectivity index (χ1v) is 8.74. The highest BCUT2D eigenvalue weighted by molar-refractivity contribution is 5.91. The molecule has 132 valence electrons. The number of hydrogen-bond acceptors (Lipinski definition) is 4. The Morgan fingerprint density at radius 3 is 3.00 bits per heavy atom. The molecule has 2 heterocycles. The molecule has 2 aromatic rings. The van der Waals surface area contributed by atoms with Crippen LogP contribution < -0.4 is 5.32 Å². The number of fused-ring (bicyclic) bond motifs is 1. The number of nitrogens with zero attached hydrogens (tertiary/aromatic N) is 2. The third kappa shape index (κ3) is 4.47. The molecule has 0 radical (unpaired) electrons. The number of aromatic nitrogens is 2. The second kappa shape index (κ2) is 7.96. The highest BCUT2D eigenvalue weighted by atomic mass is 16.5. The molecule has 1 aliphatic carbocycles. The minimum Gasteiger partial charge on any atom is -0.448 e. The average molecular weight is 341 g/mol. The van der Waals surface area contributed by atoms with Crippen LogP contribution in [0.3, 0.4) is 0 Å². The summed E-state index contributed by atoms with van der Waals surface area (Å²) in [5.41, 5.74) is 2.26. The molecule has 0 aromatic carbocycles. The standard InChI is InChI=1S/C19H23N3O3/c1-14(18(23)20-11-10-15-7-3-2-4-8-15)25-19(24)16-13-22-12-6-5-9-17(22)21-16/h5-7,9,12-14H,2-4,8,10-11H2,1H3,(H,20,23)/t14-/m1/s1. The van der Waals surface area contributed by atoms with Gasteiger partial charge in [-0.05, 0) is 51.2 Å². The van der Waals surface area contributed by atoms with E-state index in [-0.39, 0.29) is 11.6 Å². The molecule has 1 amide bonds. The van der Waals surface area contributed by atoms with Gasteiger partial charge < -0.3 is 14.5 Å². The monoisotopic (exact) mass is 341 g/mol. The Kier molecular flexibility index (Phi) is 5.48. The third-order valence-electron chi connectivity index (χ3n) is 4.36. The zero-order valence-electron chi connectivity index (χ0n) is 14.4. The van der Waals surface area contributed by atoms with E-state index in [4.69, 9.17) is 4.74 Å². The van der Waals surface area contributed by atoms with Crippen LogP contribution in [-0.2, 0) is 9.53 Å². The molecular formula is C19H23N3O3. The lowest BCUT2D eigenvalue weighted by Gasteiger charge is -2.15. The number of hydrogen-bond donors (Lipinski definition) is 1. The zero-order chi connectivity index (χ0) is 17.6. The first-order valence-electron chi connectivity index (χ1n) is 8.74. The molecule has 0 bridgehead atoms. The Labute approximate surface area is 146 Å². The number of amides is 1. The summed E-state index contributed by atoms with van der Waals surface area (Å²) < 4.78 is 6.96. The second-order valence-corrected chi connectivity index (χ2v) is 6.29. The van der Waals surface area contributed by atoms with Gasteiger partial charge >= 0.3 is 5.97 Å². The summed E-state index contributed by atoms with van der Waals surface area (Å²) in [6.45, 7) is 2.14. The van der Waals surface area contributed by atoms with Crippen molar-refractivity contribution in [3.63, 3.8) is 0 Å². The summed E-state index contributed by atoms with van der Waals surface area (Å²) in [6, 6.07) is 5.49. The number of esters is 1. The van der Waals surface area contributed by atoms with Crippen LogP contribution in [0.25, 0.3) is 5.65 Å². The lowest BCUT2D eigenvalue weighted by molar-refractivity contribution is -0.129. The van der Waals surface area contributed by atoms with Crippen LogP contribution in [-0.4, -0.2) is 33.9 Å². The number of ether oxygens (including phenoxy) is 1. The average Bonchev–Trinajstić information content (AvgIpc) is 3.07. The molecule has 0 unspecified atom stereocenters.